The summed E-state index contributed by atoms with van der Waals surface area (Å²) in [5.41, 5.74) is 0.425. The van der Waals surface area contributed by atoms with Gasteiger partial charge in [0.2, 0.25) is 11.8 Å². The highest BCUT2D eigenvalue weighted by Gasteiger charge is 2.38. The second-order valence-electron chi connectivity index (χ2n) is 5.67. The number of carbonyl (C=O) groups excluding carboxylic acids is 2. The summed E-state index contributed by atoms with van der Waals surface area (Å²) in [5.74, 6) is -0.102. The molecule has 2 aliphatic heterocycles. The summed E-state index contributed by atoms with van der Waals surface area (Å²) >= 11 is 0. The van der Waals surface area contributed by atoms with E-state index in [1.54, 1.807) is 6.92 Å². The number of amides is 2. The van der Waals surface area contributed by atoms with E-state index in [0.29, 0.717) is 5.41 Å². The van der Waals surface area contributed by atoms with Crippen LogP contribution in [0.1, 0.15) is 33.1 Å². The Morgan fingerprint density at radius 1 is 1.26 bits per heavy atom. The van der Waals surface area contributed by atoms with E-state index in [-0.39, 0.29) is 24.2 Å². The first kappa shape index (κ1) is 16.2. The third-order valence-corrected chi connectivity index (χ3v) is 4.26. The number of rotatable bonds is 2. The minimum atomic E-state index is -0.404. The minimum Gasteiger partial charge on any atom is -0.345 e. The van der Waals surface area contributed by atoms with E-state index in [4.69, 9.17) is 0 Å². The molecule has 0 aromatic rings. The number of likely N-dealkylation sites (tertiary alicyclic amines) is 1. The minimum absolute atomic E-state index is 0. The lowest BCUT2D eigenvalue weighted by molar-refractivity contribution is -0.137. The maximum atomic E-state index is 12.1. The molecule has 2 N–H and O–H groups in total. The van der Waals surface area contributed by atoms with Crippen LogP contribution in [0.15, 0.2) is 0 Å². The van der Waals surface area contributed by atoms with Crippen molar-refractivity contribution in [2.24, 2.45) is 5.41 Å². The Kier molecular flexibility index (Phi) is 5.62. The Labute approximate surface area is 120 Å². The summed E-state index contributed by atoms with van der Waals surface area (Å²) in [6.45, 7) is 7.05. The lowest BCUT2D eigenvalue weighted by Gasteiger charge is -2.39. The predicted octanol–water partition coefficient (Wildman–Crippen LogP) is 0.535. The SMILES string of the molecule is CC(=O)NC(C)C(=O)N1CCC2(CCNC2)CC1.Cl. The Morgan fingerprint density at radius 3 is 2.37 bits per heavy atom. The van der Waals surface area contributed by atoms with E-state index < -0.39 is 6.04 Å². The number of nitrogens with zero attached hydrogens (tertiary/aromatic N) is 1. The summed E-state index contributed by atoms with van der Waals surface area (Å²) in [6.07, 6.45) is 3.40. The number of piperidine rings is 1. The molecule has 1 unspecified atom stereocenters. The monoisotopic (exact) mass is 289 g/mol. The van der Waals surface area contributed by atoms with Crippen molar-refractivity contribution in [1.82, 2.24) is 15.5 Å². The van der Waals surface area contributed by atoms with E-state index in [1.165, 1.54) is 13.3 Å². The summed E-state index contributed by atoms with van der Waals surface area (Å²) in [7, 11) is 0. The second-order valence-corrected chi connectivity index (χ2v) is 5.67. The van der Waals surface area contributed by atoms with Gasteiger partial charge in [-0.3, -0.25) is 9.59 Å². The molecule has 0 aromatic heterocycles. The molecule has 0 bridgehead atoms. The van der Waals surface area contributed by atoms with E-state index in [2.05, 4.69) is 10.6 Å². The number of halogens is 1. The number of hydrogen-bond donors (Lipinski definition) is 2. The predicted molar refractivity (Wildman–Crippen MR) is 76.3 cm³/mol. The maximum Gasteiger partial charge on any atom is 0.244 e. The van der Waals surface area contributed by atoms with Crippen LogP contribution < -0.4 is 10.6 Å². The molecular formula is C13H24ClN3O2. The quantitative estimate of drug-likeness (QED) is 0.780. The molecule has 1 spiro atoms. The maximum absolute atomic E-state index is 12.1. The molecule has 2 fully saturated rings. The van der Waals surface area contributed by atoms with E-state index in [0.717, 1.165) is 39.0 Å². The third kappa shape index (κ3) is 3.83. The average Bonchev–Trinajstić information content (AvgIpc) is 2.77. The van der Waals surface area contributed by atoms with Crippen molar-refractivity contribution in [3.63, 3.8) is 0 Å². The van der Waals surface area contributed by atoms with Gasteiger partial charge in [0.15, 0.2) is 0 Å². The van der Waals surface area contributed by atoms with Gasteiger partial charge in [-0.1, -0.05) is 0 Å². The molecule has 0 radical (unpaired) electrons. The molecule has 6 heteroatoms. The molecule has 0 saturated carbocycles. The summed E-state index contributed by atoms with van der Waals surface area (Å²) in [6, 6.07) is -0.404. The van der Waals surface area contributed by atoms with Crippen molar-refractivity contribution in [2.45, 2.75) is 39.2 Å². The van der Waals surface area contributed by atoms with Crippen LogP contribution in [-0.4, -0.2) is 48.9 Å². The van der Waals surface area contributed by atoms with Crippen molar-refractivity contribution < 1.29 is 9.59 Å². The summed E-state index contributed by atoms with van der Waals surface area (Å²) < 4.78 is 0. The number of nitrogens with one attached hydrogen (secondary N) is 2. The fourth-order valence-electron chi connectivity index (χ4n) is 3.06. The molecule has 2 saturated heterocycles. The van der Waals surface area contributed by atoms with Crippen molar-refractivity contribution in [3.05, 3.63) is 0 Å². The Morgan fingerprint density at radius 2 is 1.89 bits per heavy atom. The zero-order valence-corrected chi connectivity index (χ0v) is 12.5. The fourth-order valence-corrected chi connectivity index (χ4v) is 3.06. The summed E-state index contributed by atoms with van der Waals surface area (Å²) in [5, 5.41) is 6.07. The smallest absolute Gasteiger partial charge is 0.244 e. The van der Waals surface area contributed by atoms with Gasteiger partial charge in [0, 0.05) is 26.6 Å². The van der Waals surface area contributed by atoms with Crippen LogP contribution in [-0.2, 0) is 9.59 Å². The van der Waals surface area contributed by atoms with E-state index in [9.17, 15) is 9.59 Å². The molecular weight excluding hydrogens is 266 g/mol. The van der Waals surface area contributed by atoms with Crippen LogP contribution in [0.5, 0.6) is 0 Å². The van der Waals surface area contributed by atoms with Crippen LogP contribution >= 0.6 is 12.4 Å². The zero-order valence-electron chi connectivity index (χ0n) is 11.7. The molecule has 2 amide bonds. The first-order valence-electron chi connectivity index (χ1n) is 6.79. The van der Waals surface area contributed by atoms with E-state index in [1.807, 2.05) is 4.90 Å². The first-order valence-corrected chi connectivity index (χ1v) is 6.79. The van der Waals surface area contributed by atoms with Gasteiger partial charge in [-0.25, -0.2) is 0 Å². The standard InChI is InChI=1S/C13H23N3O2.ClH/c1-10(15-11(2)17)12(18)16-7-4-13(5-8-16)3-6-14-9-13;/h10,14H,3-9H2,1-2H3,(H,15,17);1H. The van der Waals surface area contributed by atoms with Crippen LogP contribution in [0.25, 0.3) is 0 Å². The molecule has 5 nitrogen and oxygen atoms in total. The lowest BCUT2D eigenvalue weighted by Crippen LogP contribution is -2.51. The Balaban J connectivity index is 0.00000180. The first-order chi connectivity index (χ1) is 8.52. The van der Waals surface area contributed by atoms with Gasteiger partial charge in [-0.15, -0.1) is 12.4 Å². The number of hydrogen-bond acceptors (Lipinski definition) is 3. The van der Waals surface area contributed by atoms with E-state index >= 15 is 0 Å². The second kappa shape index (κ2) is 6.57. The molecule has 110 valence electrons. The van der Waals surface area contributed by atoms with Crippen molar-refractivity contribution in [1.29, 1.82) is 0 Å². The normalized spacial score (nSPS) is 22.7. The van der Waals surface area contributed by atoms with Crippen LogP contribution in [0, 0.1) is 5.41 Å². The highest BCUT2D eigenvalue weighted by molar-refractivity contribution is 5.86. The third-order valence-electron chi connectivity index (χ3n) is 4.26. The van der Waals surface area contributed by atoms with Crippen molar-refractivity contribution >= 4 is 24.2 Å². The fraction of sp³-hybridized carbons (Fsp3) is 0.846. The van der Waals surface area contributed by atoms with Crippen LogP contribution in [0.3, 0.4) is 0 Å². The van der Waals surface area contributed by atoms with Gasteiger partial charge in [0.05, 0.1) is 0 Å². The van der Waals surface area contributed by atoms with Gasteiger partial charge in [-0.2, -0.15) is 0 Å². The molecule has 19 heavy (non-hydrogen) atoms. The Bertz CT molecular complexity index is 333. The summed E-state index contributed by atoms with van der Waals surface area (Å²) in [4.78, 5) is 25.0. The molecule has 1 atom stereocenters. The van der Waals surface area contributed by atoms with Gasteiger partial charge >= 0.3 is 0 Å². The lowest BCUT2D eigenvalue weighted by atomic mass is 9.78. The largest absolute Gasteiger partial charge is 0.345 e. The average molecular weight is 290 g/mol. The highest BCUT2D eigenvalue weighted by Crippen LogP contribution is 2.36. The van der Waals surface area contributed by atoms with Gasteiger partial charge < -0.3 is 15.5 Å². The molecule has 2 heterocycles. The van der Waals surface area contributed by atoms with Crippen molar-refractivity contribution in [2.75, 3.05) is 26.2 Å². The molecule has 0 aromatic carbocycles. The highest BCUT2D eigenvalue weighted by atomic mass is 35.5. The topological polar surface area (TPSA) is 61.4 Å². The van der Waals surface area contributed by atoms with Gasteiger partial charge in [0.25, 0.3) is 0 Å². The Hall–Kier alpha value is -0.810. The zero-order chi connectivity index (χ0) is 13.2. The van der Waals surface area contributed by atoms with Crippen molar-refractivity contribution in [3.8, 4) is 0 Å². The van der Waals surface area contributed by atoms with Crippen LogP contribution in [0.4, 0.5) is 0 Å². The van der Waals surface area contributed by atoms with Gasteiger partial charge in [-0.05, 0) is 38.1 Å². The van der Waals surface area contributed by atoms with Crippen LogP contribution in [0.2, 0.25) is 0 Å². The molecule has 2 rings (SSSR count). The van der Waals surface area contributed by atoms with Gasteiger partial charge in [0.1, 0.15) is 6.04 Å². The molecule has 2 aliphatic rings. The molecule has 0 aliphatic carbocycles. The number of carbonyl (C=O) groups is 2.